The number of primary amides is 1. The summed E-state index contributed by atoms with van der Waals surface area (Å²) in [6, 6.07) is 0.125. The van der Waals surface area contributed by atoms with Crippen LogP contribution in [0.25, 0.3) is 0 Å². The van der Waals surface area contributed by atoms with Gasteiger partial charge in [0, 0.05) is 12.5 Å². The largest absolute Gasteiger partial charge is 0.369 e. The average molecular weight is 202 g/mol. The van der Waals surface area contributed by atoms with Crippen LogP contribution in [0.5, 0.6) is 0 Å². The minimum Gasteiger partial charge on any atom is -0.369 e. The molecule has 0 aliphatic rings. The molecular weight excluding hydrogens is 184 g/mol. The van der Waals surface area contributed by atoms with Crippen molar-refractivity contribution in [2.75, 3.05) is 13.6 Å². The molecule has 0 bridgehead atoms. The number of amides is 2. The highest BCUT2D eigenvalue weighted by molar-refractivity contribution is 5.76. The SMILES string of the molecule is CC(CCC(=O)NN)N(C)CC(N)=O. The summed E-state index contributed by atoms with van der Waals surface area (Å²) in [6.45, 7) is 2.12. The van der Waals surface area contributed by atoms with E-state index in [-0.39, 0.29) is 24.4 Å². The van der Waals surface area contributed by atoms with E-state index < -0.39 is 0 Å². The number of carbonyl (C=O) groups excluding carboxylic acids is 2. The van der Waals surface area contributed by atoms with Gasteiger partial charge in [-0.2, -0.15) is 0 Å². The zero-order valence-corrected chi connectivity index (χ0v) is 8.62. The molecule has 0 radical (unpaired) electrons. The maximum absolute atomic E-state index is 10.8. The first-order valence-corrected chi connectivity index (χ1v) is 4.45. The lowest BCUT2D eigenvalue weighted by Crippen LogP contribution is -2.38. The Balaban J connectivity index is 3.77. The second-order valence-corrected chi connectivity index (χ2v) is 3.34. The van der Waals surface area contributed by atoms with Crippen LogP contribution in [0.4, 0.5) is 0 Å². The van der Waals surface area contributed by atoms with E-state index in [1.54, 1.807) is 11.9 Å². The molecule has 0 saturated carbocycles. The summed E-state index contributed by atoms with van der Waals surface area (Å²) in [6.07, 6.45) is 0.994. The van der Waals surface area contributed by atoms with E-state index in [1.807, 2.05) is 6.92 Å². The number of rotatable bonds is 6. The van der Waals surface area contributed by atoms with Crippen LogP contribution in [-0.4, -0.2) is 36.3 Å². The summed E-state index contributed by atoms with van der Waals surface area (Å²) in [5, 5.41) is 0. The van der Waals surface area contributed by atoms with Gasteiger partial charge in [-0.05, 0) is 20.4 Å². The number of nitrogens with two attached hydrogens (primary N) is 2. The smallest absolute Gasteiger partial charge is 0.233 e. The van der Waals surface area contributed by atoms with Crippen LogP contribution in [0, 0.1) is 0 Å². The second kappa shape index (κ2) is 6.33. The fourth-order valence-electron chi connectivity index (χ4n) is 1.03. The summed E-state index contributed by atoms with van der Waals surface area (Å²) >= 11 is 0. The predicted octanol–water partition coefficient (Wildman–Crippen LogP) is -1.44. The molecular formula is C8H18N4O2. The molecule has 0 spiro atoms. The molecule has 0 aliphatic heterocycles. The maximum atomic E-state index is 10.8. The molecule has 0 fully saturated rings. The van der Waals surface area contributed by atoms with Gasteiger partial charge in [-0.25, -0.2) is 5.84 Å². The number of hydrazine groups is 1. The first-order chi connectivity index (χ1) is 6.47. The third-order valence-electron chi connectivity index (χ3n) is 2.11. The Bertz CT molecular complexity index is 208. The first-order valence-electron chi connectivity index (χ1n) is 4.45. The highest BCUT2D eigenvalue weighted by Crippen LogP contribution is 2.03. The number of nitrogens with one attached hydrogen (secondary N) is 1. The van der Waals surface area contributed by atoms with Crippen LogP contribution >= 0.6 is 0 Å². The van der Waals surface area contributed by atoms with Crippen molar-refractivity contribution < 1.29 is 9.59 Å². The van der Waals surface area contributed by atoms with Gasteiger partial charge in [-0.1, -0.05) is 0 Å². The zero-order valence-electron chi connectivity index (χ0n) is 8.62. The van der Waals surface area contributed by atoms with Gasteiger partial charge in [-0.3, -0.25) is 19.9 Å². The Hall–Kier alpha value is -1.14. The summed E-state index contributed by atoms with van der Waals surface area (Å²) in [7, 11) is 1.79. The molecule has 0 heterocycles. The lowest BCUT2D eigenvalue weighted by molar-refractivity contribution is -0.121. The van der Waals surface area contributed by atoms with Crippen molar-refractivity contribution in [2.45, 2.75) is 25.8 Å². The third kappa shape index (κ3) is 5.50. The third-order valence-corrected chi connectivity index (χ3v) is 2.11. The molecule has 1 atom stereocenters. The maximum Gasteiger partial charge on any atom is 0.233 e. The van der Waals surface area contributed by atoms with E-state index in [0.717, 1.165) is 0 Å². The van der Waals surface area contributed by atoms with Crippen molar-refractivity contribution in [2.24, 2.45) is 11.6 Å². The normalized spacial score (nSPS) is 12.6. The van der Waals surface area contributed by atoms with Gasteiger partial charge in [0.05, 0.1) is 6.54 Å². The highest BCUT2D eigenvalue weighted by Gasteiger charge is 2.12. The lowest BCUT2D eigenvalue weighted by atomic mass is 10.1. The van der Waals surface area contributed by atoms with E-state index >= 15 is 0 Å². The number of carbonyl (C=O) groups is 2. The predicted molar refractivity (Wildman–Crippen MR) is 52.9 cm³/mol. The minimum atomic E-state index is -0.373. The Labute approximate surface area is 83.6 Å². The van der Waals surface area contributed by atoms with Gasteiger partial charge in [0.2, 0.25) is 11.8 Å². The van der Waals surface area contributed by atoms with Gasteiger partial charge < -0.3 is 5.73 Å². The topological polar surface area (TPSA) is 101 Å². The van der Waals surface area contributed by atoms with Crippen LogP contribution < -0.4 is 17.0 Å². The van der Waals surface area contributed by atoms with Gasteiger partial charge in [0.1, 0.15) is 0 Å². The number of likely N-dealkylation sites (N-methyl/N-ethyl adjacent to an activating group) is 1. The molecule has 1 unspecified atom stereocenters. The number of nitrogens with zero attached hydrogens (tertiary/aromatic N) is 1. The highest BCUT2D eigenvalue weighted by atomic mass is 16.2. The van der Waals surface area contributed by atoms with E-state index in [1.165, 1.54) is 0 Å². The van der Waals surface area contributed by atoms with Crippen LogP contribution in [0.15, 0.2) is 0 Å². The molecule has 14 heavy (non-hydrogen) atoms. The quantitative estimate of drug-likeness (QED) is 0.279. The Kier molecular flexibility index (Phi) is 5.82. The lowest BCUT2D eigenvalue weighted by Gasteiger charge is -2.22. The monoisotopic (exact) mass is 202 g/mol. The summed E-state index contributed by atoms with van der Waals surface area (Å²) in [5.41, 5.74) is 7.08. The molecule has 82 valence electrons. The summed E-state index contributed by atoms with van der Waals surface area (Å²) < 4.78 is 0. The van der Waals surface area contributed by atoms with Crippen molar-refractivity contribution in [3.05, 3.63) is 0 Å². The van der Waals surface area contributed by atoms with E-state index in [9.17, 15) is 9.59 Å². The van der Waals surface area contributed by atoms with Crippen LogP contribution in [0.2, 0.25) is 0 Å². The van der Waals surface area contributed by atoms with Crippen molar-refractivity contribution in [3.63, 3.8) is 0 Å². The molecule has 0 aliphatic carbocycles. The molecule has 0 rings (SSSR count). The van der Waals surface area contributed by atoms with Crippen LogP contribution in [-0.2, 0) is 9.59 Å². The Morgan fingerprint density at radius 2 is 2.07 bits per heavy atom. The van der Waals surface area contributed by atoms with Crippen molar-refractivity contribution in [3.8, 4) is 0 Å². The van der Waals surface area contributed by atoms with E-state index in [4.69, 9.17) is 11.6 Å². The molecule has 5 N–H and O–H groups in total. The zero-order chi connectivity index (χ0) is 11.1. The van der Waals surface area contributed by atoms with E-state index in [2.05, 4.69) is 5.43 Å². The van der Waals surface area contributed by atoms with E-state index in [0.29, 0.717) is 12.8 Å². The second-order valence-electron chi connectivity index (χ2n) is 3.34. The minimum absolute atomic E-state index is 0.125. The molecule has 2 amide bonds. The standard InChI is InChI=1S/C8H18N4O2/c1-6(3-4-8(14)11-10)12(2)5-7(9)13/h6H,3-5,10H2,1-2H3,(H2,9,13)(H,11,14). The summed E-state index contributed by atoms with van der Waals surface area (Å²) in [4.78, 5) is 23.2. The van der Waals surface area contributed by atoms with Crippen LogP contribution in [0.3, 0.4) is 0 Å². The van der Waals surface area contributed by atoms with Crippen molar-refractivity contribution in [1.29, 1.82) is 0 Å². The van der Waals surface area contributed by atoms with Gasteiger partial charge in [-0.15, -0.1) is 0 Å². The van der Waals surface area contributed by atoms with Gasteiger partial charge >= 0.3 is 0 Å². The Morgan fingerprint density at radius 1 is 1.50 bits per heavy atom. The number of hydrogen-bond donors (Lipinski definition) is 3. The van der Waals surface area contributed by atoms with Crippen molar-refractivity contribution in [1.82, 2.24) is 10.3 Å². The van der Waals surface area contributed by atoms with Gasteiger partial charge in [0.15, 0.2) is 0 Å². The summed E-state index contributed by atoms with van der Waals surface area (Å²) in [5.74, 6) is 4.35. The molecule has 0 aromatic rings. The fourth-order valence-corrected chi connectivity index (χ4v) is 1.03. The molecule has 0 aromatic carbocycles. The molecule has 6 heteroatoms. The first kappa shape index (κ1) is 12.9. The number of hydrogen-bond acceptors (Lipinski definition) is 4. The molecule has 0 saturated heterocycles. The van der Waals surface area contributed by atoms with Gasteiger partial charge in [0.25, 0.3) is 0 Å². The Morgan fingerprint density at radius 3 is 2.50 bits per heavy atom. The fraction of sp³-hybridized carbons (Fsp3) is 0.750. The average Bonchev–Trinajstić information content (AvgIpc) is 2.12. The molecule has 0 aromatic heterocycles. The van der Waals surface area contributed by atoms with Crippen molar-refractivity contribution >= 4 is 11.8 Å². The van der Waals surface area contributed by atoms with Crippen LogP contribution in [0.1, 0.15) is 19.8 Å². The molecule has 6 nitrogen and oxygen atoms in total.